The van der Waals surface area contributed by atoms with Crippen LogP contribution in [-0.4, -0.2) is 29.9 Å². The minimum absolute atomic E-state index is 0.100. The molecule has 5 heteroatoms. The fourth-order valence-electron chi connectivity index (χ4n) is 4.40. The Morgan fingerprint density at radius 2 is 1.58 bits per heavy atom. The van der Waals surface area contributed by atoms with Gasteiger partial charge in [0, 0.05) is 30.0 Å². The van der Waals surface area contributed by atoms with Crippen LogP contribution in [0.1, 0.15) is 36.6 Å². The number of aliphatic hydroxyl groups excluding tert-OH is 1. The molecule has 1 amide bonds. The van der Waals surface area contributed by atoms with E-state index in [2.05, 4.69) is 18.7 Å². The summed E-state index contributed by atoms with van der Waals surface area (Å²) in [6, 6.07) is 23.5. The van der Waals surface area contributed by atoms with E-state index in [9.17, 15) is 14.7 Å². The minimum atomic E-state index is -0.724. The number of amides is 1. The molecule has 1 unspecified atom stereocenters. The van der Waals surface area contributed by atoms with Gasteiger partial charge < -0.3 is 10.0 Å². The van der Waals surface area contributed by atoms with Crippen molar-refractivity contribution in [3.63, 3.8) is 0 Å². The number of rotatable bonds is 6. The highest BCUT2D eigenvalue weighted by molar-refractivity contribution is 6.51. The molecule has 0 aromatic heterocycles. The van der Waals surface area contributed by atoms with Crippen molar-refractivity contribution in [1.29, 1.82) is 0 Å². The zero-order chi connectivity index (χ0) is 23.5. The first-order valence-electron chi connectivity index (χ1n) is 11.2. The normalized spacial score (nSPS) is 17.4. The predicted octanol–water partition coefficient (Wildman–Crippen LogP) is 5.47. The van der Waals surface area contributed by atoms with E-state index < -0.39 is 17.7 Å². The van der Waals surface area contributed by atoms with Crippen molar-refractivity contribution in [3.8, 4) is 0 Å². The smallest absolute Gasteiger partial charge is 0.300 e. The molecule has 0 saturated carbocycles. The molecule has 1 saturated heterocycles. The average molecular weight is 441 g/mol. The summed E-state index contributed by atoms with van der Waals surface area (Å²) in [6.07, 6.45) is 0. The van der Waals surface area contributed by atoms with Crippen molar-refractivity contribution < 1.29 is 14.7 Å². The quantitative estimate of drug-likeness (QED) is 0.314. The second kappa shape index (κ2) is 9.33. The Morgan fingerprint density at radius 3 is 2.18 bits per heavy atom. The van der Waals surface area contributed by atoms with Crippen molar-refractivity contribution >= 4 is 28.8 Å². The van der Waals surface area contributed by atoms with E-state index in [0.29, 0.717) is 11.3 Å². The average Bonchev–Trinajstić information content (AvgIpc) is 3.11. The summed E-state index contributed by atoms with van der Waals surface area (Å²) in [4.78, 5) is 30.2. The molecule has 1 heterocycles. The van der Waals surface area contributed by atoms with E-state index >= 15 is 0 Å². The Hall–Kier alpha value is -3.86. The van der Waals surface area contributed by atoms with Gasteiger partial charge in [0.15, 0.2) is 0 Å². The molecule has 168 valence electrons. The third-order valence-electron chi connectivity index (χ3n) is 6.11. The maximum Gasteiger partial charge on any atom is 0.300 e. The van der Waals surface area contributed by atoms with E-state index in [1.165, 1.54) is 4.90 Å². The van der Waals surface area contributed by atoms with Crippen molar-refractivity contribution in [2.75, 3.05) is 22.9 Å². The van der Waals surface area contributed by atoms with Crippen LogP contribution >= 0.6 is 0 Å². The second-order valence-electron chi connectivity index (χ2n) is 8.14. The number of ketones is 1. The number of aliphatic hydroxyl groups is 1. The molecule has 0 radical (unpaired) electrons. The molecule has 3 aromatic carbocycles. The summed E-state index contributed by atoms with van der Waals surface area (Å²) in [6.45, 7) is 7.91. The second-order valence-corrected chi connectivity index (χ2v) is 8.14. The predicted molar refractivity (Wildman–Crippen MR) is 132 cm³/mol. The molecule has 1 fully saturated rings. The van der Waals surface area contributed by atoms with Crippen LogP contribution in [0.4, 0.5) is 11.4 Å². The van der Waals surface area contributed by atoms with Gasteiger partial charge >= 0.3 is 0 Å². The van der Waals surface area contributed by atoms with E-state index in [-0.39, 0.29) is 11.3 Å². The Balaban J connectivity index is 1.89. The van der Waals surface area contributed by atoms with E-state index in [0.717, 1.165) is 29.9 Å². The first-order valence-corrected chi connectivity index (χ1v) is 11.2. The first-order chi connectivity index (χ1) is 16.0. The lowest BCUT2D eigenvalue weighted by molar-refractivity contribution is -0.132. The van der Waals surface area contributed by atoms with Crippen LogP contribution in [0.25, 0.3) is 5.76 Å². The van der Waals surface area contributed by atoms with Crippen molar-refractivity contribution in [2.45, 2.75) is 26.8 Å². The van der Waals surface area contributed by atoms with Crippen LogP contribution in [0, 0.1) is 6.92 Å². The summed E-state index contributed by atoms with van der Waals surface area (Å²) in [5.74, 6) is -1.49. The molecular formula is C28H28N2O3. The van der Waals surface area contributed by atoms with Gasteiger partial charge in [-0.05, 0) is 56.2 Å². The fraction of sp³-hybridized carbons (Fsp3) is 0.214. The molecule has 1 N–H and O–H groups in total. The summed E-state index contributed by atoms with van der Waals surface area (Å²) in [5, 5.41) is 11.2. The van der Waals surface area contributed by atoms with Crippen LogP contribution < -0.4 is 9.80 Å². The highest BCUT2D eigenvalue weighted by Gasteiger charge is 2.47. The highest BCUT2D eigenvalue weighted by atomic mass is 16.3. The third-order valence-corrected chi connectivity index (χ3v) is 6.11. The van der Waals surface area contributed by atoms with Crippen molar-refractivity contribution in [3.05, 3.63) is 101 Å². The summed E-state index contributed by atoms with van der Waals surface area (Å²) < 4.78 is 0. The molecule has 4 rings (SSSR count). The number of carbonyl (C=O) groups excluding carboxylic acids is 2. The maximum atomic E-state index is 13.2. The van der Waals surface area contributed by atoms with Gasteiger partial charge in [-0.15, -0.1) is 0 Å². The number of aryl methyl sites for hydroxylation is 1. The zero-order valence-corrected chi connectivity index (χ0v) is 19.2. The largest absolute Gasteiger partial charge is 0.507 e. The van der Waals surface area contributed by atoms with Gasteiger partial charge in [0.25, 0.3) is 11.7 Å². The first kappa shape index (κ1) is 22.3. The molecule has 1 aliphatic rings. The Morgan fingerprint density at radius 1 is 0.909 bits per heavy atom. The molecule has 0 spiro atoms. The number of Topliss-reactive ketones (excluding diaryl/α,β-unsaturated/α-hetero) is 1. The number of benzene rings is 3. The maximum absolute atomic E-state index is 13.2. The third kappa shape index (κ3) is 4.14. The van der Waals surface area contributed by atoms with Crippen LogP contribution in [0.15, 0.2) is 84.4 Å². The molecule has 1 atom stereocenters. The van der Waals surface area contributed by atoms with E-state index in [4.69, 9.17) is 0 Å². The van der Waals surface area contributed by atoms with E-state index in [1.807, 2.05) is 61.5 Å². The standard InChI is InChI=1S/C28H28N2O3/c1-4-29(5-2)22-16-14-20(15-17-22)25-24(26(31)21-11-7-6-8-12-21)27(32)28(33)30(25)23-13-9-10-19(3)18-23/h6-18,25,31H,4-5H2,1-3H3/b26-24+. The van der Waals surface area contributed by atoms with E-state index in [1.54, 1.807) is 24.3 Å². The highest BCUT2D eigenvalue weighted by Crippen LogP contribution is 2.42. The lowest BCUT2D eigenvalue weighted by atomic mass is 9.95. The summed E-state index contributed by atoms with van der Waals surface area (Å²) in [5.41, 5.74) is 4.05. The van der Waals surface area contributed by atoms with Crippen LogP contribution in [0.3, 0.4) is 0 Å². The lowest BCUT2D eigenvalue weighted by Crippen LogP contribution is -2.29. The molecule has 5 nitrogen and oxygen atoms in total. The van der Waals surface area contributed by atoms with Crippen molar-refractivity contribution in [2.24, 2.45) is 0 Å². The van der Waals surface area contributed by atoms with Gasteiger partial charge in [-0.1, -0.05) is 54.6 Å². The van der Waals surface area contributed by atoms with Gasteiger partial charge in [0.2, 0.25) is 0 Å². The van der Waals surface area contributed by atoms with Gasteiger partial charge in [0.05, 0.1) is 11.6 Å². The van der Waals surface area contributed by atoms with Gasteiger partial charge in [0.1, 0.15) is 5.76 Å². The number of nitrogens with zero attached hydrogens (tertiary/aromatic N) is 2. The molecule has 0 aliphatic carbocycles. The number of anilines is 2. The van der Waals surface area contributed by atoms with Gasteiger partial charge in [-0.3, -0.25) is 14.5 Å². The van der Waals surface area contributed by atoms with Crippen LogP contribution in [0.2, 0.25) is 0 Å². The zero-order valence-electron chi connectivity index (χ0n) is 19.2. The van der Waals surface area contributed by atoms with Gasteiger partial charge in [-0.25, -0.2) is 0 Å². The Bertz CT molecular complexity index is 1200. The van der Waals surface area contributed by atoms with Crippen LogP contribution in [0.5, 0.6) is 0 Å². The SMILES string of the molecule is CCN(CC)c1ccc(C2/C(=C(\O)c3ccccc3)C(=O)C(=O)N2c2cccc(C)c2)cc1. The minimum Gasteiger partial charge on any atom is -0.507 e. The number of carbonyl (C=O) groups is 2. The van der Waals surface area contributed by atoms with Crippen LogP contribution in [-0.2, 0) is 9.59 Å². The topological polar surface area (TPSA) is 60.9 Å². The Labute approximate surface area is 194 Å². The number of hydrogen-bond donors (Lipinski definition) is 1. The molecule has 33 heavy (non-hydrogen) atoms. The monoisotopic (exact) mass is 440 g/mol. The molecule has 1 aliphatic heterocycles. The van der Waals surface area contributed by atoms with Gasteiger partial charge in [-0.2, -0.15) is 0 Å². The van der Waals surface area contributed by atoms with Crippen molar-refractivity contribution in [1.82, 2.24) is 0 Å². The summed E-state index contributed by atoms with van der Waals surface area (Å²) in [7, 11) is 0. The molecule has 3 aromatic rings. The molecular weight excluding hydrogens is 412 g/mol. The number of hydrogen-bond acceptors (Lipinski definition) is 4. The Kier molecular flexibility index (Phi) is 6.31. The summed E-state index contributed by atoms with van der Waals surface area (Å²) >= 11 is 0. The fourth-order valence-corrected chi connectivity index (χ4v) is 4.40. The lowest BCUT2D eigenvalue weighted by Gasteiger charge is -2.27. The molecule has 0 bridgehead atoms.